The minimum atomic E-state index is -0.702. The number of pyridine rings is 1. The van der Waals surface area contributed by atoms with Crippen molar-refractivity contribution in [2.24, 2.45) is 0 Å². The molecule has 0 spiro atoms. The van der Waals surface area contributed by atoms with E-state index in [-0.39, 0.29) is 0 Å². The van der Waals surface area contributed by atoms with Crippen LogP contribution < -0.4 is 4.72 Å². The van der Waals surface area contributed by atoms with E-state index >= 15 is 0 Å². The third-order valence-electron chi connectivity index (χ3n) is 4.84. The third-order valence-corrected chi connectivity index (χ3v) is 6.16. The quantitative estimate of drug-likeness (QED) is 0.267. The molecule has 0 amide bonds. The highest BCUT2D eigenvalue weighted by Gasteiger charge is 2.12. The molecule has 0 aliphatic carbocycles. The van der Waals surface area contributed by atoms with E-state index in [1.165, 1.54) is 18.1 Å². The van der Waals surface area contributed by atoms with Crippen molar-refractivity contribution in [3.63, 3.8) is 0 Å². The maximum atomic E-state index is 13.5. The molecule has 2 aromatic heterocycles. The van der Waals surface area contributed by atoms with Crippen molar-refractivity contribution < 1.29 is 4.39 Å². The van der Waals surface area contributed by atoms with Gasteiger partial charge >= 0.3 is 6.08 Å². The van der Waals surface area contributed by atoms with Crippen molar-refractivity contribution in [2.45, 2.75) is 31.6 Å². The summed E-state index contributed by atoms with van der Waals surface area (Å²) in [7, 11) is 0. The van der Waals surface area contributed by atoms with Gasteiger partial charge in [-0.1, -0.05) is 37.6 Å². The zero-order chi connectivity index (χ0) is 21.1. The molecule has 7 heteroatoms. The van der Waals surface area contributed by atoms with Gasteiger partial charge < -0.3 is 4.72 Å². The predicted molar refractivity (Wildman–Crippen MR) is 122 cm³/mol. The Morgan fingerprint density at radius 2 is 1.87 bits per heavy atom. The van der Waals surface area contributed by atoms with E-state index < -0.39 is 6.08 Å². The molecule has 30 heavy (non-hydrogen) atoms. The van der Waals surface area contributed by atoms with E-state index in [4.69, 9.17) is 16.6 Å². The Morgan fingerprint density at radius 3 is 2.63 bits per heavy atom. The standard InChI is InChI=1S/C23H20ClFN4S/c1-3-14-11-15(12-16-13-26-23(25)28-22(14)16)17-9-10-21(27-19(17)4-2)29-30-20-8-6-5-7-18(20)24/h5-13H,3-4H2,1-2H3,(H,27,29). The largest absolute Gasteiger partial charge is 0.310 e. The number of hydrogen-bond acceptors (Lipinski definition) is 5. The minimum Gasteiger partial charge on any atom is -0.310 e. The summed E-state index contributed by atoms with van der Waals surface area (Å²) in [6.07, 6.45) is 2.37. The molecule has 152 valence electrons. The fourth-order valence-corrected chi connectivity index (χ4v) is 4.24. The monoisotopic (exact) mass is 438 g/mol. The van der Waals surface area contributed by atoms with Crippen molar-refractivity contribution in [1.82, 2.24) is 15.0 Å². The van der Waals surface area contributed by atoms with Crippen molar-refractivity contribution in [3.8, 4) is 11.1 Å². The van der Waals surface area contributed by atoms with Crippen LogP contribution in [0.4, 0.5) is 10.2 Å². The highest BCUT2D eigenvalue weighted by Crippen LogP contribution is 2.32. The van der Waals surface area contributed by atoms with Crippen molar-refractivity contribution >= 4 is 40.3 Å². The Bertz CT molecular complexity index is 1220. The summed E-state index contributed by atoms with van der Waals surface area (Å²) in [4.78, 5) is 13.4. The van der Waals surface area contributed by atoms with Gasteiger partial charge in [0.1, 0.15) is 5.82 Å². The lowest BCUT2D eigenvalue weighted by Crippen LogP contribution is -1.99. The van der Waals surface area contributed by atoms with E-state index in [0.29, 0.717) is 10.5 Å². The number of aryl methyl sites for hydroxylation is 2. The third kappa shape index (κ3) is 4.25. The highest BCUT2D eigenvalue weighted by atomic mass is 35.5. The molecule has 0 atom stereocenters. The van der Waals surface area contributed by atoms with E-state index in [0.717, 1.165) is 51.3 Å². The van der Waals surface area contributed by atoms with Gasteiger partial charge in [-0.15, -0.1) is 0 Å². The first-order valence-corrected chi connectivity index (χ1v) is 10.9. The molecule has 0 aliphatic rings. The lowest BCUT2D eigenvalue weighted by Gasteiger charge is -2.13. The number of rotatable bonds is 6. The number of fused-ring (bicyclic) bond motifs is 1. The number of nitrogens with one attached hydrogen (secondary N) is 1. The summed E-state index contributed by atoms with van der Waals surface area (Å²) in [6, 6.07) is 15.8. The summed E-state index contributed by atoms with van der Waals surface area (Å²) < 4.78 is 16.8. The van der Waals surface area contributed by atoms with Gasteiger partial charge in [0.2, 0.25) is 0 Å². The van der Waals surface area contributed by atoms with E-state index in [1.54, 1.807) is 0 Å². The molecule has 0 radical (unpaired) electrons. The molecule has 0 saturated carbocycles. The zero-order valence-corrected chi connectivity index (χ0v) is 18.2. The van der Waals surface area contributed by atoms with Crippen LogP contribution in [-0.4, -0.2) is 15.0 Å². The molecule has 2 aromatic carbocycles. The van der Waals surface area contributed by atoms with E-state index in [2.05, 4.69) is 33.7 Å². The molecular weight excluding hydrogens is 419 g/mol. The highest BCUT2D eigenvalue weighted by molar-refractivity contribution is 8.00. The average Bonchev–Trinajstić information content (AvgIpc) is 2.77. The van der Waals surface area contributed by atoms with Crippen molar-refractivity contribution in [3.05, 3.63) is 77.1 Å². The average molecular weight is 439 g/mol. The van der Waals surface area contributed by atoms with Crippen LogP contribution in [0.25, 0.3) is 22.0 Å². The van der Waals surface area contributed by atoms with Gasteiger partial charge in [-0.2, -0.15) is 4.39 Å². The fraction of sp³-hybridized carbons (Fsp3) is 0.174. The molecule has 2 heterocycles. The maximum Gasteiger partial charge on any atom is 0.309 e. The second-order valence-corrected chi connectivity index (χ2v) is 8.00. The molecule has 0 unspecified atom stereocenters. The Labute approximate surface area is 184 Å². The Morgan fingerprint density at radius 1 is 1.03 bits per heavy atom. The van der Waals surface area contributed by atoms with Gasteiger partial charge in [-0.3, -0.25) is 0 Å². The van der Waals surface area contributed by atoms with Gasteiger partial charge in [-0.05, 0) is 72.3 Å². The lowest BCUT2D eigenvalue weighted by atomic mass is 9.97. The van der Waals surface area contributed by atoms with Crippen LogP contribution in [0.1, 0.15) is 25.1 Å². The summed E-state index contributed by atoms with van der Waals surface area (Å²) in [5.74, 6) is 0.766. The van der Waals surface area contributed by atoms with Gasteiger partial charge in [0.15, 0.2) is 0 Å². The topological polar surface area (TPSA) is 50.7 Å². The summed E-state index contributed by atoms with van der Waals surface area (Å²) in [5, 5.41) is 1.52. The number of nitrogens with zero attached hydrogens (tertiary/aromatic N) is 3. The second-order valence-electron chi connectivity index (χ2n) is 6.74. The number of hydrogen-bond donors (Lipinski definition) is 1. The molecule has 4 nitrogen and oxygen atoms in total. The zero-order valence-electron chi connectivity index (χ0n) is 16.6. The SMILES string of the molecule is CCc1nc(NSc2ccccc2Cl)ccc1-c1cc(CC)c2nc(F)ncc2c1. The maximum absolute atomic E-state index is 13.5. The first-order chi connectivity index (χ1) is 14.6. The summed E-state index contributed by atoms with van der Waals surface area (Å²) in [6.45, 7) is 4.12. The molecule has 0 bridgehead atoms. The molecule has 4 rings (SSSR count). The lowest BCUT2D eigenvalue weighted by molar-refractivity contribution is 0.544. The Kier molecular flexibility index (Phi) is 6.16. The molecular formula is C23H20ClFN4S. The molecule has 1 N–H and O–H groups in total. The summed E-state index contributed by atoms with van der Waals surface area (Å²) in [5.41, 5.74) is 4.71. The number of aromatic nitrogens is 3. The molecule has 0 aliphatic heterocycles. The first kappa shape index (κ1) is 20.6. The van der Waals surface area contributed by atoms with Crippen molar-refractivity contribution in [2.75, 3.05) is 4.72 Å². The number of benzene rings is 2. The fourth-order valence-electron chi connectivity index (χ4n) is 3.35. The van der Waals surface area contributed by atoms with E-state index in [9.17, 15) is 4.39 Å². The Balaban J connectivity index is 1.68. The van der Waals surface area contributed by atoms with Crippen molar-refractivity contribution in [1.29, 1.82) is 0 Å². The van der Waals surface area contributed by atoms with Crippen LogP contribution in [0.15, 0.2) is 59.6 Å². The van der Waals surface area contributed by atoms with E-state index in [1.807, 2.05) is 43.3 Å². The van der Waals surface area contributed by atoms with Gasteiger partial charge in [0.05, 0.1) is 16.2 Å². The van der Waals surface area contributed by atoms with Crippen LogP contribution in [0.3, 0.4) is 0 Å². The predicted octanol–water partition coefficient (Wildman–Crippen LogP) is 6.73. The Hall–Kier alpha value is -2.70. The molecule has 0 saturated heterocycles. The smallest absolute Gasteiger partial charge is 0.309 e. The number of halogens is 2. The normalized spacial score (nSPS) is 11.1. The second kappa shape index (κ2) is 8.98. The van der Waals surface area contributed by atoms with Gasteiger partial charge in [0, 0.05) is 22.0 Å². The number of anilines is 1. The van der Waals surface area contributed by atoms with Gasteiger partial charge in [0.25, 0.3) is 0 Å². The molecule has 0 fully saturated rings. The minimum absolute atomic E-state index is 0.661. The van der Waals surface area contributed by atoms with Crippen LogP contribution in [0, 0.1) is 6.08 Å². The van der Waals surface area contributed by atoms with Crippen LogP contribution in [0.5, 0.6) is 0 Å². The van der Waals surface area contributed by atoms with Crippen LogP contribution >= 0.6 is 23.5 Å². The van der Waals surface area contributed by atoms with Crippen LogP contribution in [-0.2, 0) is 12.8 Å². The summed E-state index contributed by atoms with van der Waals surface area (Å²) >= 11 is 7.66. The van der Waals surface area contributed by atoms with Crippen LogP contribution in [0.2, 0.25) is 5.02 Å². The van der Waals surface area contributed by atoms with Gasteiger partial charge in [-0.25, -0.2) is 15.0 Å². The first-order valence-electron chi connectivity index (χ1n) is 9.72. The molecule has 4 aromatic rings.